The third kappa shape index (κ3) is 5.39. The molecule has 138 valence electrons. The minimum absolute atomic E-state index is 0.0645. The van der Waals surface area contributed by atoms with E-state index in [-0.39, 0.29) is 23.5 Å². The molecule has 0 aliphatic rings. The molecule has 0 heterocycles. The quantitative estimate of drug-likeness (QED) is 0.423. The predicted molar refractivity (Wildman–Crippen MR) is 98.7 cm³/mol. The molecule has 0 spiro atoms. The molecule has 0 atom stereocenters. The first-order chi connectivity index (χ1) is 11.9. The van der Waals surface area contributed by atoms with Gasteiger partial charge in [-0.15, -0.1) is 0 Å². The van der Waals surface area contributed by atoms with Gasteiger partial charge in [-0.1, -0.05) is 32.9 Å². The molecule has 5 nitrogen and oxygen atoms in total. The maximum Gasteiger partial charge on any atom is 0.263 e. The molecule has 0 unspecified atom stereocenters. The van der Waals surface area contributed by atoms with Gasteiger partial charge in [0, 0.05) is 18.8 Å². The zero-order valence-corrected chi connectivity index (χ0v) is 15.5. The second-order valence-electron chi connectivity index (χ2n) is 5.75. The van der Waals surface area contributed by atoms with E-state index in [2.05, 4.69) is 4.90 Å². The molecule has 6 heteroatoms. The Bertz CT molecular complexity index is 639. The number of benzene rings is 1. The van der Waals surface area contributed by atoms with E-state index in [9.17, 15) is 14.0 Å². The number of rotatable bonds is 9. The molecule has 1 amide bonds. The summed E-state index contributed by atoms with van der Waals surface area (Å²) >= 11 is 0. The van der Waals surface area contributed by atoms with Gasteiger partial charge in [0.05, 0.1) is 5.69 Å². The van der Waals surface area contributed by atoms with Crippen LogP contribution in [0, 0.1) is 5.82 Å². The number of nitrogens with zero attached hydrogens (tertiary/aromatic N) is 2. The van der Waals surface area contributed by atoms with Crippen LogP contribution >= 0.6 is 0 Å². The molecule has 1 aromatic carbocycles. The maximum absolute atomic E-state index is 14.3. The van der Waals surface area contributed by atoms with Crippen LogP contribution in [-0.4, -0.2) is 42.8 Å². The van der Waals surface area contributed by atoms with Gasteiger partial charge in [0.25, 0.3) is 5.91 Å². The highest BCUT2D eigenvalue weighted by molar-refractivity contribution is 6.24. The fraction of sp³-hybridized carbons (Fsp3) is 0.474. The SMILES string of the molecule is CC/C(N)=C(\C(C)=O)C(=O)N(CCN(CC)CC)c1ccccc1F. The van der Waals surface area contributed by atoms with Gasteiger partial charge in [-0.2, -0.15) is 0 Å². The standard InChI is InChI=1S/C19H28FN3O2/c1-5-16(21)18(14(4)24)19(25)23(13-12-22(6-2)7-3)17-11-9-8-10-15(17)20/h8-11H,5-7,12-13,21H2,1-4H3/b18-16-. The number of Topliss-reactive ketones (excluding diaryl/α,β-unsaturated/α-hetero) is 1. The topological polar surface area (TPSA) is 66.6 Å². The highest BCUT2D eigenvalue weighted by Gasteiger charge is 2.27. The molecule has 25 heavy (non-hydrogen) atoms. The third-order valence-electron chi connectivity index (χ3n) is 4.19. The molecular formula is C19H28FN3O2. The molecule has 1 rings (SSSR count). The number of carbonyl (C=O) groups is 2. The molecule has 0 radical (unpaired) electrons. The number of ketones is 1. The third-order valence-corrected chi connectivity index (χ3v) is 4.19. The van der Waals surface area contributed by atoms with Crippen LogP contribution in [0.15, 0.2) is 35.5 Å². The van der Waals surface area contributed by atoms with Gasteiger partial charge in [-0.25, -0.2) is 4.39 Å². The van der Waals surface area contributed by atoms with E-state index in [0.29, 0.717) is 13.0 Å². The number of anilines is 1. The highest BCUT2D eigenvalue weighted by atomic mass is 19.1. The zero-order chi connectivity index (χ0) is 19.0. The van der Waals surface area contributed by atoms with Gasteiger partial charge in [-0.05, 0) is 38.6 Å². The average molecular weight is 349 g/mol. The maximum atomic E-state index is 14.3. The molecule has 0 saturated carbocycles. The molecule has 2 N–H and O–H groups in total. The Morgan fingerprint density at radius 1 is 1.08 bits per heavy atom. The van der Waals surface area contributed by atoms with Crippen molar-refractivity contribution in [2.24, 2.45) is 5.73 Å². The Balaban J connectivity index is 3.28. The van der Waals surface area contributed by atoms with E-state index in [1.165, 1.54) is 24.0 Å². The van der Waals surface area contributed by atoms with Crippen LogP contribution in [0.3, 0.4) is 0 Å². The predicted octanol–water partition coefficient (Wildman–Crippen LogP) is 2.71. The summed E-state index contributed by atoms with van der Waals surface area (Å²) in [5, 5.41) is 0. The molecule has 0 aromatic heterocycles. The van der Waals surface area contributed by atoms with Gasteiger partial charge in [0.1, 0.15) is 11.4 Å². The van der Waals surface area contributed by atoms with Gasteiger partial charge in [-0.3, -0.25) is 9.59 Å². The fourth-order valence-corrected chi connectivity index (χ4v) is 2.61. The molecule has 0 bridgehead atoms. The van der Waals surface area contributed by atoms with Crippen molar-refractivity contribution in [1.29, 1.82) is 0 Å². The number of para-hydroxylation sites is 1. The molecule has 0 saturated heterocycles. The van der Waals surface area contributed by atoms with Crippen molar-refractivity contribution in [1.82, 2.24) is 4.90 Å². The summed E-state index contributed by atoms with van der Waals surface area (Å²) in [6, 6.07) is 6.06. The Morgan fingerprint density at radius 2 is 1.68 bits per heavy atom. The smallest absolute Gasteiger partial charge is 0.263 e. The minimum atomic E-state index is -0.552. The van der Waals surface area contributed by atoms with E-state index in [1.807, 2.05) is 13.8 Å². The van der Waals surface area contributed by atoms with E-state index in [1.54, 1.807) is 19.1 Å². The number of hydrogen-bond acceptors (Lipinski definition) is 4. The number of likely N-dealkylation sites (N-methyl/N-ethyl adjacent to an activating group) is 1. The highest BCUT2D eigenvalue weighted by Crippen LogP contribution is 2.22. The molecule has 0 fully saturated rings. The first-order valence-corrected chi connectivity index (χ1v) is 8.65. The Kier molecular flexibility index (Phi) is 8.28. The van der Waals surface area contributed by atoms with E-state index in [0.717, 1.165) is 13.1 Å². The van der Waals surface area contributed by atoms with Crippen molar-refractivity contribution >= 4 is 17.4 Å². The lowest BCUT2D eigenvalue weighted by atomic mass is 10.1. The summed E-state index contributed by atoms with van der Waals surface area (Å²) in [5.74, 6) is -1.47. The largest absolute Gasteiger partial charge is 0.401 e. The summed E-state index contributed by atoms with van der Waals surface area (Å²) < 4.78 is 14.3. The second kappa shape index (κ2) is 9.93. The fourth-order valence-electron chi connectivity index (χ4n) is 2.61. The number of halogens is 1. The summed E-state index contributed by atoms with van der Waals surface area (Å²) in [4.78, 5) is 28.4. The van der Waals surface area contributed by atoms with Crippen molar-refractivity contribution in [2.75, 3.05) is 31.1 Å². The van der Waals surface area contributed by atoms with Gasteiger partial charge in [0.2, 0.25) is 0 Å². The number of amides is 1. The lowest BCUT2D eigenvalue weighted by molar-refractivity contribution is -0.120. The number of carbonyl (C=O) groups excluding carboxylic acids is 2. The van der Waals surface area contributed by atoms with Crippen molar-refractivity contribution in [3.05, 3.63) is 41.4 Å². The summed E-state index contributed by atoms with van der Waals surface area (Å²) in [6.07, 6.45) is 0.377. The Labute approximate surface area is 149 Å². The van der Waals surface area contributed by atoms with Crippen molar-refractivity contribution in [3.63, 3.8) is 0 Å². The summed E-state index contributed by atoms with van der Waals surface area (Å²) in [6.45, 7) is 9.61. The van der Waals surface area contributed by atoms with Crippen LogP contribution < -0.4 is 10.6 Å². The number of allylic oxidation sites excluding steroid dienone is 1. The van der Waals surface area contributed by atoms with Crippen molar-refractivity contribution in [3.8, 4) is 0 Å². The van der Waals surface area contributed by atoms with Crippen molar-refractivity contribution < 1.29 is 14.0 Å². The van der Waals surface area contributed by atoms with Crippen LogP contribution in [0.5, 0.6) is 0 Å². The van der Waals surface area contributed by atoms with Crippen molar-refractivity contribution in [2.45, 2.75) is 34.1 Å². The lowest BCUT2D eigenvalue weighted by Gasteiger charge is -2.27. The van der Waals surface area contributed by atoms with E-state index < -0.39 is 17.5 Å². The number of hydrogen-bond donors (Lipinski definition) is 1. The second-order valence-corrected chi connectivity index (χ2v) is 5.75. The van der Waals surface area contributed by atoms with E-state index in [4.69, 9.17) is 5.73 Å². The van der Waals surface area contributed by atoms with E-state index >= 15 is 0 Å². The Hall–Kier alpha value is -2.21. The van der Waals surface area contributed by atoms with Gasteiger partial charge in [0.15, 0.2) is 5.78 Å². The van der Waals surface area contributed by atoms with Crippen LogP contribution in [0.1, 0.15) is 34.1 Å². The van der Waals surface area contributed by atoms with Crippen LogP contribution in [0.4, 0.5) is 10.1 Å². The minimum Gasteiger partial charge on any atom is -0.401 e. The number of nitrogens with two attached hydrogens (primary N) is 1. The van der Waals surface area contributed by atoms with Crippen LogP contribution in [0.2, 0.25) is 0 Å². The van der Waals surface area contributed by atoms with Gasteiger partial charge >= 0.3 is 0 Å². The lowest BCUT2D eigenvalue weighted by Crippen LogP contribution is -2.41. The normalized spacial score (nSPS) is 12.1. The molecule has 1 aromatic rings. The summed E-state index contributed by atoms with van der Waals surface area (Å²) in [5.41, 5.74) is 6.20. The monoisotopic (exact) mass is 349 g/mol. The summed E-state index contributed by atoms with van der Waals surface area (Å²) in [7, 11) is 0. The molecular weight excluding hydrogens is 321 g/mol. The zero-order valence-electron chi connectivity index (χ0n) is 15.5. The van der Waals surface area contributed by atoms with Crippen LogP contribution in [0.25, 0.3) is 0 Å². The first-order valence-electron chi connectivity index (χ1n) is 8.65. The first kappa shape index (κ1) is 20.8. The average Bonchev–Trinajstić information content (AvgIpc) is 2.59. The van der Waals surface area contributed by atoms with Crippen LogP contribution in [-0.2, 0) is 9.59 Å². The van der Waals surface area contributed by atoms with Gasteiger partial charge < -0.3 is 15.5 Å². The molecule has 0 aliphatic carbocycles. The Morgan fingerprint density at radius 3 is 2.16 bits per heavy atom. The molecule has 0 aliphatic heterocycles.